The predicted octanol–water partition coefficient (Wildman–Crippen LogP) is 2.42. The van der Waals surface area contributed by atoms with Crippen LogP contribution in [0.1, 0.15) is 48.3 Å². The number of piperidine rings is 1. The lowest BCUT2D eigenvalue weighted by Crippen LogP contribution is -2.49. The highest BCUT2D eigenvalue weighted by Gasteiger charge is 2.39. The number of carbonyl (C=O) groups is 3. The summed E-state index contributed by atoms with van der Waals surface area (Å²) in [5.41, 5.74) is 1.28. The van der Waals surface area contributed by atoms with Crippen molar-refractivity contribution in [1.29, 1.82) is 0 Å². The molecule has 2 aliphatic heterocycles. The van der Waals surface area contributed by atoms with Gasteiger partial charge in [-0.15, -0.1) is 0 Å². The molecule has 0 unspecified atom stereocenters. The second-order valence-electron chi connectivity index (χ2n) is 11.4. The van der Waals surface area contributed by atoms with Crippen LogP contribution < -0.4 is 20.1 Å². The zero-order valence-corrected chi connectivity index (χ0v) is 25.1. The standard InChI is InChI=1S/C32H38FN5O6/c1-19(25-7-6-24(43-3)16-29(25)44-23-10-12-37(2)13-11-23)35-32(42)28-15-22(39)18-38(28)30(40)17-34-31(41)27-8-4-20-14-21(33)5-9-26(20)36-27/h4-9,14,16,19,22-23,28,39H,10-13,15,17-18H2,1-3H3,(H,34,41)(H,35,42)/t19-,22+,28-/m0/s1. The van der Waals surface area contributed by atoms with Gasteiger partial charge in [-0.3, -0.25) is 14.4 Å². The van der Waals surface area contributed by atoms with Gasteiger partial charge in [0.05, 0.1) is 31.3 Å². The van der Waals surface area contributed by atoms with E-state index in [1.165, 1.54) is 29.2 Å². The third-order valence-corrected chi connectivity index (χ3v) is 8.19. The maximum absolute atomic E-state index is 13.5. The van der Waals surface area contributed by atoms with E-state index in [0.29, 0.717) is 22.4 Å². The molecule has 3 N–H and O–H groups in total. The Morgan fingerprint density at radius 1 is 1.11 bits per heavy atom. The predicted molar refractivity (Wildman–Crippen MR) is 161 cm³/mol. The van der Waals surface area contributed by atoms with Gasteiger partial charge in [-0.05, 0) is 63.2 Å². The van der Waals surface area contributed by atoms with E-state index in [1.54, 1.807) is 19.2 Å². The van der Waals surface area contributed by atoms with Crippen molar-refractivity contribution in [1.82, 2.24) is 25.4 Å². The number of carbonyl (C=O) groups excluding carboxylic acids is 3. The zero-order valence-electron chi connectivity index (χ0n) is 25.1. The summed E-state index contributed by atoms with van der Waals surface area (Å²) in [6.45, 7) is 3.29. The minimum Gasteiger partial charge on any atom is -0.497 e. The lowest BCUT2D eigenvalue weighted by Gasteiger charge is -2.31. The summed E-state index contributed by atoms with van der Waals surface area (Å²) < 4.78 is 25.2. The van der Waals surface area contributed by atoms with Crippen molar-refractivity contribution in [2.45, 2.75) is 50.5 Å². The Labute approximate surface area is 255 Å². The van der Waals surface area contributed by atoms with E-state index in [9.17, 15) is 23.9 Å². The fourth-order valence-corrected chi connectivity index (χ4v) is 5.68. The number of nitrogens with zero attached hydrogens (tertiary/aromatic N) is 3. The van der Waals surface area contributed by atoms with Gasteiger partial charge in [0.15, 0.2) is 0 Å². The number of halogens is 1. The van der Waals surface area contributed by atoms with Crippen LogP contribution in [0.15, 0.2) is 48.5 Å². The normalized spacial score (nSPS) is 19.9. The van der Waals surface area contributed by atoms with Gasteiger partial charge >= 0.3 is 0 Å². The average Bonchev–Trinajstić information content (AvgIpc) is 3.42. The van der Waals surface area contributed by atoms with Crippen LogP contribution in [0.4, 0.5) is 4.39 Å². The second kappa shape index (κ2) is 13.6. The van der Waals surface area contributed by atoms with Crippen LogP contribution in [-0.2, 0) is 9.59 Å². The van der Waals surface area contributed by atoms with Gasteiger partial charge in [0.1, 0.15) is 35.2 Å². The number of aliphatic hydroxyl groups excluding tert-OH is 1. The summed E-state index contributed by atoms with van der Waals surface area (Å²) in [6.07, 6.45) is 1.01. The molecule has 2 fully saturated rings. The molecule has 0 aliphatic carbocycles. The molecule has 3 atom stereocenters. The van der Waals surface area contributed by atoms with E-state index >= 15 is 0 Å². The molecular weight excluding hydrogens is 569 g/mol. The Balaban J connectivity index is 1.22. The smallest absolute Gasteiger partial charge is 0.270 e. The molecule has 1 aromatic heterocycles. The summed E-state index contributed by atoms with van der Waals surface area (Å²) in [4.78, 5) is 47.1. The Kier molecular flexibility index (Phi) is 9.60. The fraction of sp³-hybridized carbons (Fsp3) is 0.438. The first-order valence-electron chi connectivity index (χ1n) is 14.8. The number of benzene rings is 2. The number of aliphatic hydroxyl groups is 1. The molecule has 2 aromatic carbocycles. The van der Waals surface area contributed by atoms with Crippen molar-refractivity contribution in [3.05, 3.63) is 65.6 Å². The third kappa shape index (κ3) is 7.25. The molecule has 3 aromatic rings. The lowest BCUT2D eigenvalue weighted by atomic mass is 10.0. The largest absolute Gasteiger partial charge is 0.497 e. The second-order valence-corrected chi connectivity index (χ2v) is 11.4. The molecule has 12 heteroatoms. The fourth-order valence-electron chi connectivity index (χ4n) is 5.68. The van der Waals surface area contributed by atoms with E-state index in [1.807, 2.05) is 19.1 Å². The van der Waals surface area contributed by atoms with Crippen molar-refractivity contribution in [2.75, 3.05) is 40.3 Å². The van der Waals surface area contributed by atoms with Gasteiger partial charge in [-0.1, -0.05) is 6.07 Å². The highest BCUT2D eigenvalue weighted by atomic mass is 19.1. The number of rotatable bonds is 9. The zero-order chi connectivity index (χ0) is 31.4. The molecule has 2 saturated heterocycles. The molecule has 5 rings (SSSR count). The summed E-state index contributed by atoms with van der Waals surface area (Å²) in [5.74, 6) is -0.662. The number of nitrogens with one attached hydrogen (secondary N) is 2. The van der Waals surface area contributed by atoms with Gasteiger partial charge in [-0.25, -0.2) is 9.37 Å². The molecule has 2 aliphatic rings. The topological polar surface area (TPSA) is 133 Å². The maximum Gasteiger partial charge on any atom is 0.270 e. The lowest BCUT2D eigenvalue weighted by molar-refractivity contribution is -0.138. The number of amides is 3. The Morgan fingerprint density at radius 3 is 2.64 bits per heavy atom. The number of aromatic nitrogens is 1. The summed E-state index contributed by atoms with van der Waals surface area (Å²) in [5, 5.41) is 16.4. The minimum absolute atomic E-state index is 0.0337. The average molecular weight is 608 g/mol. The van der Waals surface area contributed by atoms with Gasteiger partial charge < -0.3 is 35.0 Å². The summed E-state index contributed by atoms with van der Waals surface area (Å²) in [7, 11) is 3.67. The quantitative estimate of drug-likeness (QED) is 0.338. The van der Waals surface area contributed by atoms with E-state index in [0.717, 1.165) is 31.5 Å². The van der Waals surface area contributed by atoms with E-state index in [-0.39, 0.29) is 31.3 Å². The van der Waals surface area contributed by atoms with Gasteiger partial charge in [0.25, 0.3) is 5.91 Å². The minimum atomic E-state index is -0.915. The van der Waals surface area contributed by atoms with Gasteiger partial charge in [-0.2, -0.15) is 0 Å². The summed E-state index contributed by atoms with van der Waals surface area (Å²) in [6, 6.07) is 11.2. The highest BCUT2D eigenvalue weighted by molar-refractivity contribution is 5.97. The number of hydrogen-bond acceptors (Lipinski definition) is 8. The highest BCUT2D eigenvalue weighted by Crippen LogP contribution is 2.32. The first kappa shape index (κ1) is 31.1. The molecule has 234 valence electrons. The number of likely N-dealkylation sites (tertiary alicyclic amines) is 2. The number of fused-ring (bicyclic) bond motifs is 1. The van der Waals surface area contributed by atoms with E-state index in [2.05, 4.69) is 27.6 Å². The van der Waals surface area contributed by atoms with Crippen molar-refractivity contribution in [3.63, 3.8) is 0 Å². The molecule has 11 nitrogen and oxygen atoms in total. The molecular formula is C32H38FN5O6. The van der Waals surface area contributed by atoms with Crippen LogP contribution in [0.3, 0.4) is 0 Å². The molecule has 44 heavy (non-hydrogen) atoms. The molecule has 0 radical (unpaired) electrons. The van der Waals surface area contributed by atoms with Crippen LogP contribution in [0.25, 0.3) is 10.9 Å². The molecule has 0 saturated carbocycles. The number of β-amino-alcohol motifs (C(OH)–C–C–N with tert-alkyl or cyclic N) is 1. The van der Waals surface area contributed by atoms with Crippen LogP contribution in [0.2, 0.25) is 0 Å². The number of hydrogen-bond donors (Lipinski definition) is 3. The van der Waals surface area contributed by atoms with E-state index < -0.39 is 41.7 Å². The van der Waals surface area contributed by atoms with E-state index in [4.69, 9.17) is 9.47 Å². The number of pyridine rings is 1. The molecule has 0 bridgehead atoms. The van der Waals surface area contributed by atoms with Crippen LogP contribution in [0, 0.1) is 5.82 Å². The number of methoxy groups -OCH3 is 1. The summed E-state index contributed by atoms with van der Waals surface area (Å²) >= 11 is 0. The first-order chi connectivity index (χ1) is 21.1. The molecule has 3 heterocycles. The van der Waals surface area contributed by atoms with Crippen molar-refractivity contribution >= 4 is 28.6 Å². The Bertz CT molecular complexity index is 1530. The number of ether oxygens (including phenoxy) is 2. The molecule has 0 spiro atoms. The van der Waals surface area contributed by atoms with Crippen molar-refractivity contribution in [3.8, 4) is 11.5 Å². The molecule has 3 amide bonds. The van der Waals surface area contributed by atoms with Crippen molar-refractivity contribution in [2.24, 2.45) is 0 Å². The van der Waals surface area contributed by atoms with Crippen LogP contribution in [0.5, 0.6) is 11.5 Å². The Morgan fingerprint density at radius 2 is 1.89 bits per heavy atom. The van der Waals surface area contributed by atoms with Crippen LogP contribution in [-0.4, -0.2) is 96.2 Å². The monoisotopic (exact) mass is 607 g/mol. The van der Waals surface area contributed by atoms with Crippen molar-refractivity contribution < 1.29 is 33.4 Å². The Hall–Kier alpha value is -4.29. The third-order valence-electron chi connectivity index (χ3n) is 8.19. The first-order valence-corrected chi connectivity index (χ1v) is 14.8. The van der Waals surface area contributed by atoms with Crippen LogP contribution >= 0.6 is 0 Å². The maximum atomic E-state index is 13.5. The SMILES string of the molecule is COc1ccc([C@H](C)NC(=O)[C@@H]2C[C@@H](O)CN2C(=O)CNC(=O)c2ccc3cc(F)ccc3n2)c(OC2CCN(C)CC2)c1. The van der Waals surface area contributed by atoms with Gasteiger partial charge in [0, 0.05) is 43.1 Å². The van der Waals surface area contributed by atoms with Gasteiger partial charge in [0.2, 0.25) is 11.8 Å².